The Morgan fingerprint density at radius 2 is 1.62 bits per heavy atom. The quantitative estimate of drug-likeness (QED) is 0.877. The second-order valence-corrected chi connectivity index (χ2v) is 6.96. The Morgan fingerprint density at radius 1 is 1.05 bits per heavy atom. The largest absolute Gasteiger partial charge is 0.433 e. The molecule has 0 unspecified atom stereocenters. The minimum Gasteiger partial charge on any atom is -0.365 e. The molecule has 0 saturated heterocycles. The maximum absolute atomic E-state index is 12.8. The molecule has 120 valence electrons. The smallest absolute Gasteiger partial charge is 0.365 e. The van der Waals surface area contributed by atoms with E-state index in [4.69, 9.17) is 0 Å². The molecule has 2 N–H and O–H groups in total. The third kappa shape index (κ3) is 5.77. The number of rotatable bonds is 4. The lowest BCUT2D eigenvalue weighted by Gasteiger charge is -2.34. The molecule has 0 aliphatic rings. The lowest BCUT2D eigenvalue weighted by atomic mass is 9.82. The van der Waals surface area contributed by atoms with Crippen LogP contribution >= 0.6 is 0 Å². The highest BCUT2D eigenvalue weighted by Crippen LogP contribution is 2.32. The van der Waals surface area contributed by atoms with E-state index in [1.165, 1.54) is 7.05 Å². The van der Waals surface area contributed by atoms with E-state index in [9.17, 15) is 13.2 Å². The third-order valence-corrected chi connectivity index (χ3v) is 2.68. The summed E-state index contributed by atoms with van der Waals surface area (Å²) >= 11 is 0. The molecule has 0 radical (unpaired) electrons. The molecule has 4 nitrogen and oxygen atoms in total. The van der Waals surface area contributed by atoms with Gasteiger partial charge in [0, 0.05) is 18.7 Å². The van der Waals surface area contributed by atoms with Crippen LogP contribution in [0.25, 0.3) is 0 Å². The molecule has 1 aromatic heterocycles. The second-order valence-electron chi connectivity index (χ2n) is 6.96. The number of aromatic nitrogens is 2. The average molecular weight is 304 g/mol. The normalized spacial score (nSPS) is 13.2. The summed E-state index contributed by atoms with van der Waals surface area (Å²) in [6.45, 7) is 10.1. The van der Waals surface area contributed by atoms with Crippen LogP contribution in [-0.4, -0.2) is 22.6 Å². The number of alkyl halides is 3. The van der Waals surface area contributed by atoms with Gasteiger partial charge in [0.2, 0.25) is 5.95 Å². The van der Waals surface area contributed by atoms with E-state index < -0.39 is 11.9 Å². The van der Waals surface area contributed by atoms with Crippen molar-refractivity contribution < 1.29 is 13.2 Å². The van der Waals surface area contributed by atoms with Crippen LogP contribution < -0.4 is 10.6 Å². The minimum atomic E-state index is -4.50. The van der Waals surface area contributed by atoms with Crippen molar-refractivity contribution in [3.63, 3.8) is 0 Å². The van der Waals surface area contributed by atoms with Crippen molar-refractivity contribution in [2.75, 3.05) is 17.7 Å². The topological polar surface area (TPSA) is 49.8 Å². The number of hydrogen-bond donors (Lipinski definition) is 2. The number of halogens is 3. The van der Waals surface area contributed by atoms with Crippen molar-refractivity contribution in [1.82, 2.24) is 9.97 Å². The van der Waals surface area contributed by atoms with E-state index >= 15 is 0 Å². The van der Waals surface area contributed by atoms with Gasteiger partial charge in [0.1, 0.15) is 5.82 Å². The molecule has 21 heavy (non-hydrogen) atoms. The molecule has 0 aliphatic heterocycles. The van der Waals surface area contributed by atoms with E-state index in [0.717, 1.165) is 12.5 Å². The average Bonchev–Trinajstić information content (AvgIpc) is 2.22. The molecule has 0 fully saturated rings. The van der Waals surface area contributed by atoms with E-state index in [1.807, 2.05) is 13.8 Å². The van der Waals surface area contributed by atoms with Crippen molar-refractivity contribution in [2.45, 2.75) is 52.8 Å². The first-order chi connectivity index (χ1) is 9.32. The van der Waals surface area contributed by atoms with Crippen LogP contribution in [0.3, 0.4) is 0 Å². The van der Waals surface area contributed by atoms with Crippen LogP contribution in [-0.2, 0) is 6.18 Å². The summed E-state index contributed by atoms with van der Waals surface area (Å²) in [5, 5.41) is 5.62. The maximum atomic E-state index is 12.8. The molecule has 0 aromatic carbocycles. The van der Waals surface area contributed by atoms with Crippen molar-refractivity contribution in [3.8, 4) is 0 Å². The van der Waals surface area contributed by atoms with E-state index in [0.29, 0.717) is 0 Å². The van der Waals surface area contributed by atoms with Crippen molar-refractivity contribution >= 4 is 11.8 Å². The zero-order valence-corrected chi connectivity index (χ0v) is 13.3. The zero-order chi connectivity index (χ0) is 16.5. The Kier molecular flexibility index (Phi) is 4.75. The fraction of sp³-hybridized carbons (Fsp3) is 0.714. The molecular formula is C14H23F3N4. The molecular weight excluding hydrogens is 281 g/mol. The van der Waals surface area contributed by atoms with Gasteiger partial charge in [-0.2, -0.15) is 18.2 Å². The number of nitrogens with zero attached hydrogens (tertiary/aromatic N) is 2. The predicted octanol–water partition coefficient (Wildman–Crippen LogP) is 4.16. The van der Waals surface area contributed by atoms with Crippen LogP contribution in [0.4, 0.5) is 24.9 Å². The molecule has 0 amide bonds. The first kappa shape index (κ1) is 17.5. The first-order valence-corrected chi connectivity index (χ1v) is 6.75. The lowest BCUT2D eigenvalue weighted by Crippen LogP contribution is -2.36. The maximum Gasteiger partial charge on any atom is 0.433 e. The van der Waals surface area contributed by atoms with Gasteiger partial charge in [-0.15, -0.1) is 0 Å². The standard InChI is InChI=1S/C14H23F3N4/c1-12(2,3)8-13(4,5)21-10-7-9(14(15,16)17)19-11(18-6)20-10/h7H,8H2,1-6H3,(H2,18,19,20,21). The Balaban J connectivity index is 3.08. The lowest BCUT2D eigenvalue weighted by molar-refractivity contribution is -0.141. The van der Waals surface area contributed by atoms with Gasteiger partial charge in [0.15, 0.2) is 5.69 Å². The number of anilines is 2. The van der Waals surface area contributed by atoms with Crippen molar-refractivity contribution in [3.05, 3.63) is 11.8 Å². The Bertz CT molecular complexity index is 490. The van der Waals surface area contributed by atoms with Gasteiger partial charge in [0.25, 0.3) is 0 Å². The number of hydrogen-bond acceptors (Lipinski definition) is 4. The summed E-state index contributed by atoms with van der Waals surface area (Å²) in [6.07, 6.45) is -3.72. The number of nitrogens with one attached hydrogen (secondary N) is 2. The van der Waals surface area contributed by atoms with Gasteiger partial charge in [-0.05, 0) is 25.7 Å². The molecule has 1 rings (SSSR count). The summed E-state index contributed by atoms with van der Waals surface area (Å²) in [5.41, 5.74) is -1.31. The van der Waals surface area contributed by atoms with E-state index in [1.54, 1.807) is 0 Å². The second kappa shape index (κ2) is 5.69. The molecule has 7 heteroatoms. The summed E-state index contributed by atoms with van der Waals surface area (Å²) in [5.74, 6) is 0.106. The molecule has 0 atom stereocenters. The predicted molar refractivity (Wildman–Crippen MR) is 78.4 cm³/mol. The summed E-state index contributed by atoms with van der Waals surface area (Å²) in [7, 11) is 1.49. The molecule has 0 bridgehead atoms. The SMILES string of the molecule is CNc1nc(NC(C)(C)CC(C)(C)C)cc(C(F)(F)F)n1. The zero-order valence-electron chi connectivity index (χ0n) is 13.3. The van der Waals surface area contributed by atoms with Gasteiger partial charge >= 0.3 is 6.18 Å². The molecule has 0 saturated carbocycles. The first-order valence-electron chi connectivity index (χ1n) is 6.75. The van der Waals surface area contributed by atoms with Crippen LogP contribution in [0.1, 0.15) is 46.7 Å². The highest BCUT2D eigenvalue weighted by Gasteiger charge is 2.34. The van der Waals surface area contributed by atoms with Crippen LogP contribution in [0, 0.1) is 5.41 Å². The molecule has 0 aliphatic carbocycles. The molecule has 0 spiro atoms. The van der Waals surface area contributed by atoms with Crippen LogP contribution in [0.2, 0.25) is 0 Å². The van der Waals surface area contributed by atoms with Gasteiger partial charge < -0.3 is 10.6 Å². The summed E-state index contributed by atoms with van der Waals surface area (Å²) in [6, 6.07) is 0.936. The Hall–Kier alpha value is -1.53. The van der Waals surface area contributed by atoms with Crippen molar-refractivity contribution in [2.24, 2.45) is 5.41 Å². The Morgan fingerprint density at radius 3 is 2.05 bits per heavy atom. The Labute approximate surface area is 123 Å². The van der Waals surface area contributed by atoms with Gasteiger partial charge in [0.05, 0.1) is 0 Å². The van der Waals surface area contributed by atoms with Gasteiger partial charge in [-0.1, -0.05) is 20.8 Å². The summed E-state index contributed by atoms with van der Waals surface area (Å²) < 4.78 is 38.5. The highest BCUT2D eigenvalue weighted by molar-refractivity contribution is 5.44. The highest BCUT2D eigenvalue weighted by atomic mass is 19.4. The monoisotopic (exact) mass is 304 g/mol. The van der Waals surface area contributed by atoms with Gasteiger partial charge in [-0.3, -0.25) is 0 Å². The van der Waals surface area contributed by atoms with Crippen LogP contribution in [0.5, 0.6) is 0 Å². The van der Waals surface area contributed by atoms with Crippen molar-refractivity contribution in [1.29, 1.82) is 0 Å². The summed E-state index contributed by atoms with van der Waals surface area (Å²) in [4.78, 5) is 7.49. The van der Waals surface area contributed by atoms with E-state index in [2.05, 4.69) is 41.4 Å². The fourth-order valence-electron chi connectivity index (χ4n) is 2.49. The fourth-order valence-corrected chi connectivity index (χ4v) is 2.49. The van der Waals surface area contributed by atoms with E-state index in [-0.39, 0.29) is 22.7 Å². The molecule has 1 heterocycles. The minimum absolute atomic E-state index is 0.0439. The third-order valence-electron chi connectivity index (χ3n) is 2.68. The van der Waals surface area contributed by atoms with Crippen LogP contribution in [0.15, 0.2) is 6.07 Å². The molecule has 1 aromatic rings. The van der Waals surface area contributed by atoms with Gasteiger partial charge in [-0.25, -0.2) is 4.98 Å².